The monoisotopic (exact) mass is 328 g/mol. The largest absolute Gasteiger partial charge is 0.366 e. The van der Waals surface area contributed by atoms with Gasteiger partial charge in [-0.25, -0.2) is 4.99 Å². The Labute approximate surface area is 142 Å². The number of benzene rings is 1. The number of aliphatic imine (C=N–C) groups is 1. The van der Waals surface area contributed by atoms with E-state index in [1.807, 2.05) is 68.6 Å². The van der Waals surface area contributed by atoms with E-state index >= 15 is 0 Å². The minimum absolute atomic E-state index is 0.495. The van der Waals surface area contributed by atoms with Crippen molar-refractivity contribution < 1.29 is 9.47 Å². The average Bonchev–Trinajstić information content (AvgIpc) is 2.87. The van der Waals surface area contributed by atoms with E-state index in [4.69, 9.17) is 9.47 Å². The van der Waals surface area contributed by atoms with Crippen molar-refractivity contribution in [2.24, 2.45) is 4.99 Å². The predicted octanol–water partition coefficient (Wildman–Crippen LogP) is 3.65. The van der Waals surface area contributed by atoms with Crippen molar-refractivity contribution in [3.05, 3.63) is 29.8 Å². The molecule has 24 heavy (non-hydrogen) atoms. The van der Waals surface area contributed by atoms with Gasteiger partial charge in [0.2, 0.25) is 6.41 Å². The molecule has 0 aliphatic heterocycles. The van der Waals surface area contributed by atoms with Crippen LogP contribution in [0.4, 0.5) is 5.82 Å². The third-order valence-electron chi connectivity index (χ3n) is 3.74. The number of amidine groups is 1. The van der Waals surface area contributed by atoms with Gasteiger partial charge in [-0.3, -0.25) is 4.57 Å². The highest BCUT2D eigenvalue weighted by atomic mass is 16.7. The summed E-state index contributed by atoms with van der Waals surface area (Å²) in [7, 11) is 3.83. The maximum absolute atomic E-state index is 9.70. The van der Waals surface area contributed by atoms with E-state index in [1.54, 1.807) is 0 Å². The van der Waals surface area contributed by atoms with Crippen LogP contribution in [0, 0.1) is 11.3 Å². The minimum Gasteiger partial charge on any atom is -0.366 e. The molecule has 0 aliphatic rings. The van der Waals surface area contributed by atoms with Crippen molar-refractivity contribution in [2.75, 3.05) is 27.3 Å². The van der Waals surface area contributed by atoms with Crippen LogP contribution in [-0.4, -0.2) is 42.6 Å². The Kier molecular flexibility index (Phi) is 5.96. The summed E-state index contributed by atoms with van der Waals surface area (Å²) in [6.07, 6.45) is -0.624. The maximum atomic E-state index is 9.70. The normalized spacial score (nSPS) is 12.0. The molecule has 6 nitrogen and oxygen atoms in total. The first-order chi connectivity index (χ1) is 11.5. The molecule has 0 saturated heterocycles. The van der Waals surface area contributed by atoms with Crippen LogP contribution in [0.5, 0.6) is 0 Å². The summed E-state index contributed by atoms with van der Waals surface area (Å²) in [5.41, 5.74) is 1.39. The van der Waals surface area contributed by atoms with Crippen molar-refractivity contribution >= 4 is 22.6 Å². The Bertz CT molecular complexity index is 765. The lowest BCUT2D eigenvalue weighted by molar-refractivity contribution is -0.182. The van der Waals surface area contributed by atoms with Crippen LogP contribution in [0.25, 0.3) is 10.9 Å². The molecule has 128 valence electrons. The topological polar surface area (TPSA) is 62.8 Å². The summed E-state index contributed by atoms with van der Waals surface area (Å²) in [4.78, 5) is 6.58. The number of para-hydroxylation sites is 1. The molecule has 0 unspecified atom stereocenters. The summed E-state index contributed by atoms with van der Waals surface area (Å²) in [6.45, 7) is 6.72. The second-order valence-corrected chi connectivity index (χ2v) is 5.47. The molecule has 0 atom stereocenters. The average molecular weight is 328 g/mol. The lowest BCUT2D eigenvalue weighted by Gasteiger charge is -2.21. The summed E-state index contributed by atoms with van der Waals surface area (Å²) in [6, 6.07) is 10.00. The molecule has 0 amide bonds. The first kappa shape index (κ1) is 18.0. The molecule has 0 fully saturated rings. The highest BCUT2D eigenvalue weighted by molar-refractivity contribution is 5.94. The molecule has 1 heterocycles. The third kappa shape index (κ3) is 3.42. The number of aromatic nitrogens is 1. The molecular weight excluding hydrogens is 304 g/mol. The standard InChI is InChI=1S/C18H24N4O2/c1-6-23-18(24-7-2)22-16-11-9-8-10-14(16)15(12-19)17(22)20-13(3)21(4)5/h8-11,18H,6-7H2,1-5H3/b20-13+. The third-order valence-corrected chi connectivity index (χ3v) is 3.74. The Morgan fingerprint density at radius 1 is 1.25 bits per heavy atom. The Hall–Kier alpha value is -2.36. The highest BCUT2D eigenvalue weighted by Gasteiger charge is 2.23. The summed E-state index contributed by atoms with van der Waals surface area (Å²) < 4.78 is 13.4. The summed E-state index contributed by atoms with van der Waals surface area (Å²) in [5.74, 6) is 1.35. The fourth-order valence-electron chi connectivity index (χ4n) is 2.42. The van der Waals surface area contributed by atoms with Gasteiger partial charge in [0.1, 0.15) is 17.5 Å². The van der Waals surface area contributed by atoms with Crippen molar-refractivity contribution in [1.82, 2.24) is 9.47 Å². The molecule has 0 spiro atoms. The van der Waals surface area contributed by atoms with E-state index in [1.165, 1.54) is 0 Å². The first-order valence-corrected chi connectivity index (χ1v) is 8.03. The van der Waals surface area contributed by atoms with Gasteiger partial charge in [-0.05, 0) is 26.8 Å². The number of ether oxygens (including phenoxy) is 2. The van der Waals surface area contributed by atoms with Crippen LogP contribution >= 0.6 is 0 Å². The van der Waals surface area contributed by atoms with E-state index in [2.05, 4.69) is 11.1 Å². The van der Waals surface area contributed by atoms with E-state index in [0.717, 1.165) is 16.7 Å². The summed E-state index contributed by atoms with van der Waals surface area (Å²) in [5, 5.41) is 10.5. The Morgan fingerprint density at radius 2 is 1.88 bits per heavy atom. The maximum Gasteiger partial charge on any atom is 0.246 e. The van der Waals surface area contributed by atoms with Gasteiger partial charge < -0.3 is 14.4 Å². The molecule has 0 bridgehead atoms. The fourth-order valence-corrected chi connectivity index (χ4v) is 2.42. The molecule has 2 rings (SSSR count). The fraction of sp³-hybridized carbons (Fsp3) is 0.444. The molecule has 1 aromatic heterocycles. The smallest absolute Gasteiger partial charge is 0.246 e. The molecular formula is C18H24N4O2. The highest BCUT2D eigenvalue weighted by Crippen LogP contribution is 2.35. The van der Waals surface area contributed by atoms with Crippen LogP contribution in [0.15, 0.2) is 29.3 Å². The SMILES string of the molecule is CCOC(OCC)n1c(/N=C(\C)N(C)C)c(C#N)c2ccccc21. The van der Waals surface area contributed by atoms with Gasteiger partial charge in [0.05, 0.1) is 5.52 Å². The van der Waals surface area contributed by atoms with Gasteiger partial charge in [0.15, 0.2) is 5.82 Å². The van der Waals surface area contributed by atoms with Crippen molar-refractivity contribution in [2.45, 2.75) is 27.2 Å². The van der Waals surface area contributed by atoms with Crippen LogP contribution in [0.3, 0.4) is 0 Å². The van der Waals surface area contributed by atoms with E-state index in [9.17, 15) is 5.26 Å². The van der Waals surface area contributed by atoms with Crippen LogP contribution in [0.1, 0.15) is 32.7 Å². The van der Waals surface area contributed by atoms with E-state index < -0.39 is 6.41 Å². The number of hydrogen-bond donors (Lipinski definition) is 0. The van der Waals surface area contributed by atoms with Gasteiger partial charge in [0, 0.05) is 32.7 Å². The number of nitriles is 1. The van der Waals surface area contributed by atoms with Crippen LogP contribution in [-0.2, 0) is 9.47 Å². The van der Waals surface area contributed by atoms with Crippen LogP contribution < -0.4 is 0 Å². The van der Waals surface area contributed by atoms with Gasteiger partial charge in [-0.15, -0.1) is 0 Å². The second-order valence-electron chi connectivity index (χ2n) is 5.47. The first-order valence-electron chi connectivity index (χ1n) is 8.03. The van der Waals surface area contributed by atoms with Crippen molar-refractivity contribution in [1.29, 1.82) is 5.26 Å². The van der Waals surface area contributed by atoms with Crippen LogP contribution in [0.2, 0.25) is 0 Å². The lowest BCUT2D eigenvalue weighted by atomic mass is 10.2. The Morgan fingerprint density at radius 3 is 2.42 bits per heavy atom. The summed E-state index contributed by atoms with van der Waals surface area (Å²) >= 11 is 0. The Balaban J connectivity index is 2.79. The molecule has 0 aliphatic carbocycles. The predicted molar refractivity (Wildman–Crippen MR) is 95.4 cm³/mol. The van der Waals surface area contributed by atoms with Crippen molar-refractivity contribution in [3.63, 3.8) is 0 Å². The zero-order valence-electron chi connectivity index (χ0n) is 14.9. The van der Waals surface area contributed by atoms with E-state index in [-0.39, 0.29) is 0 Å². The second kappa shape index (κ2) is 7.95. The number of nitrogens with zero attached hydrogens (tertiary/aromatic N) is 4. The van der Waals surface area contributed by atoms with Gasteiger partial charge in [-0.2, -0.15) is 5.26 Å². The molecule has 0 radical (unpaired) electrons. The minimum atomic E-state index is -0.624. The molecule has 6 heteroatoms. The van der Waals surface area contributed by atoms with Gasteiger partial charge in [0.25, 0.3) is 0 Å². The molecule has 2 aromatic rings. The van der Waals surface area contributed by atoms with E-state index in [0.29, 0.717) is 24.6 Å². The molecule has 0 N–H and O–H groups in total. The zero-order chi connectivity index (χ0) is 17.7. The lowest BCUT2D eigenvalue weighted by Crippen LogP contribution is -2.20. The molecule has 1 aromatic carbocycles. The number of hydrogen-bond acceptors (Lipinski definition) is 4. The zero-order valence-corrected chi connectivity index (χ0v) is 14.9. The quantitative estimate of drug-likeness (QED) is 0.461. The molecule has 0 saturated carbocycles. The number of fused-ring (bicyclic) bond motifs is 1. The van der Waals surface area contributed by atoms with Gasteiger partial charge in [-0.1, -0.05) is 18.2 Å². The van der Waals surface area contributed by atoms with Crippen molar-refractivity contribution in [3.8, 4) is 6.07 Å². The van der Waals surface area contributed by atoms with Gasteiger partial charge >= 0.3 is 0 Å². The number of rotatable bonds is 6.